The monoisotopic (exact) mass is 965 g/mol. The minimum absolute atomic E-state index is 0.0657. The van der Waals surface area contributed by atoms with Gasteiger partial charge < -0.3 is 28.7 Å². The van der Waals surface area contributed by atoms with E-state index in [-0.39, 0.29) is 10.8 Å². The lowest BCUT2D eigenvalue weighted by Crippen LogP contribution is -2.16. The summed E-state index contributed by atoms with van der Waals surface area (Å²) in [5.41, 5.74) is 13.7. The van der Waals surface area contributed by atoms with Crippen LogP contribution in [0.15, 0.2) is 224 Å². The Bertz CT molecular complexity index is 3460. The molecule has 9 aromatic carbocycles. The molecular formula is C67H55N3O4. The third kappa shape index (κ3) is 9.09. The summed E-state index contributed by atoms with van der Waals surface area (Å²) in [6, 6.07) is 76.6. The lowest BCUT2D eigenvalue weighted by Gasteiger charge is -2.32. The van der Waals surface area contributed by atoms with E-state index < -0.39 is 0 Å². The molecule has 0 atom stereocenters. The summed E-state index contributed by atoms with van der Waals surface area (Å²) in [7, 11) is 0. The largest absolute Gasteiger partial charge is 0.457 e. The highest BCUT2D eigenvalue weighted by atomic mass is 16.5. The van der Waals surface area contributed by atoms with Crippen molar-refractivity contribution in [1.82, 2.24) is 4.98 Å². The molecule has 0 saturated carbocycles. The summed E-state index contributed by atoms with van der Waals surface area (Å²) in [6.45, 7) is 13.7. The molecule has 0 spiro atoms. The van der Waals surface area contributed by atoms with Crippen molar-refractivity contribution >= 4 is 34.1 Å². The molecule has 0 unspecified atom stereocenters. The molecule has 3 heterocycles. The van der Waals surface area contributed by atoms with Gasteiger partial charge in [0, 0.05) is 29.3 Å². The molecule has 2 aliphatic rings. The maximum absolute atomic E-state index is 6.97. The van der Waals surface area contributed by atoms with Crippen molar-refractivity contribution in [2.45, 2.75) is 52.4 Å². The third-order valence-electron chi connectivity index (χ3n) is 13.6. The van der Waals surface area contributed by atoms with Crippen molar-refractivity contribution in [3.05, 3.63) is 236 Å². The molecule has 10 aromatic rings. The molecule has 0 bridgehead atoms. The topological polar surface area (TPSA) is 56.3 Å². The van der Waals surface area contributed by atoms with E-state index in [1.807, 2.05) is 109 Å². The zero-order chi connectivity index (χ0) is 50.6. The normalized spacial score (nSPS) is 12.6. The van der Waals surface area contributed by atoms with Gasteiger partial charge in [0.05, 0.1) is 45.5 Å². The molecule has 0 fully saturated rings. The Balaban J connectivity index is 0.993. The minimum atomic E-state index is -0.0657. The maximum Gasteiger partial charge on any atom is 0.151 e. The van der Waals surface area contributed by atoms with Crippen LogP contribution < -0.4 is 28.7 Å². The van der Waals surface area contributed by atoms with E-state index in [2.05, 4.69) is 167 Å². The van der Waals surface area contributed by atoms with Crippen LogP contribution in [0.4, 0.5) is 34.1 Å². The van der Waals surface area contributed by atoms with Gasteiger partial charge in [-0.2, -0.15) is 0 Å². The smallest absolute Gasteiger partial charge is 0.151 e. The fourth-order valence-electron chi connectivity index (χ4n) is 9.71. The number of para-hydroxylation sites is 8. The van der Waals surface area contributed by atoms with Gasteiger partial charge in [-0.1, -0.05) is 151 Å². The van der Waals surface area contributed by atoms with E-state index in [1.165, 1.54) is 11.1 Å². The molecule has 0 radical (unpaired) electrons. The molecule has 0 N–H and O–H groups in total. The summed E-state index contributed by atoms with van der Waals surface area (Å²) in [4.78, 5) is 9.85. The van der Waals surface area contributed by atoms with Gasteiger partial charge in [0.15, 0.2) is 23.0 Å². The van der Waals surface area contributed by atoms with E-state index in [4.69, 9.17) is 23.9 Å². The third-order valence-corrected chi connectivity index (χ3v) is 13.6. The van der Waals surface area contributed by atoms with Crippen LogP contribution in [0.2, 0.25) is 0 Å². The Morgan fingerprint density at radius 1 is 0.324 bits per heavy atom. The van der Waals surface area contributed by atoms with Gasteiger partial charge in [-0.25, -0.2) is 4.98 Å². The second-order valence-electron chi connectivity index (χ2n) is 20.9. The molecule has 1 aromatic heterocycles. The number of pyridine rings is 1. The zero-order valence-electron chi connectivity index (χ0n) is 42.3. The molecule has 0 aliphatic carbocycles. The highest BCUT2D eigenvalue weighted by Gasteiger charge is 2.28. The lowest BCUT2D eigenvalue weighted by molar-refractivity contribution is 0.460. The van der Waals surface area contributed by atoms with Gasteiger partial charge in [0.1, 0.15) is 23.0 Å². The maximum atomic E-state index is 6.97. The van der Waals surface area contributed by atoms with Crippen LogP contribution in [-0.4, -0.2) is 4.98 Å². The predicted molar refractivity (Wildman–Crippen MR) is 300 cm³/mol. The van der Waals surface area contributed by atoms with E-state index in [0.717, 1.165) is 90.8 Å². The molecule has 362 valence electrons. The van der Waals surface area contributed by atoms with Gasteiger partial charge in [0.2, 0.25) is 0 Å². The fourth-order valence-corrected chi connectivity index (χ4v) is 9.71. The Labute approximate surface area is 433 Å². The van der Waals surface area contributed by atoms with E-state index >= 15 is 0 Å². The number of aromatic nitrogens is 1. The molecule has 74 heavy (non-hydrogen) atoms. The number of benzene rings is 9. The summed E-state index contributed by atoms with van der Waals surface area (Å²) >= 11 is 0. The Morgan fingerprint density at radius 3 is 1.15 bits per heavy atom. The average Bonchev–Trinajstić information content (AvgIpc) is 3.42. The Morgan fingerprint density at radius 2 is 0.716 bits per heavy atom. The first kappa shape index (κ1) is 46.0. The summed E-state index contributed by atoms with van der Waals surface area (Å²) < 4.78 is 26.7. The first-order chi connectivity index (χ1) is 35.9. The average molecular weight is 966 g/mol. The van der Waals surface area contributed by atoms with Crippen molar-refractivity contribution in [3.8, 4) is 79.6 Å². The highest BCUT2D eigenvalue weighted by molar-refractivity contribution is 5.88. The van der Waals surface area contributed by atoms with Crippen LogP contribution in [0.25, 0.3) is 33.6 Å². The molecule has 2 aliphatic heterocycles. The first-order valence-corrected chi connectivity index (χ1v) is 25.2. The van der Waals surface area contributed by atoms with Crippen LogP contribution in [0, 0.1) is 0 Å². The number of nitrogens with zero attached hydrogens (tertiary/aromatic N) is 3. The Kier molecular flexibility index (Phi) is 11.5. The van der Waals surface area contributed by atoms with Crippen LogP contribution >= 0.6 is 0 Å². The van der Waals surface area contributed by atoms with E-state index in [9.17, 15) is 0 Å². The van der Waals surface area contributed by atoms with Crippen molar-refractivity contribution in [2.24, 2.45) is 0 Å². The summed E-state index contributed by atoms with van der Waals surface area (Å²) in [5, 5.41) is 0. The van der Waals surface area contributed by atoms with Crippen LogP contribution in [0.3, 0.4) is 0 Å². The van der Waals surface area contributed by atoms with Crippen molar-refractivity contribution < 1.29 is 18.9 Å². The second kappa shape index (κ2) is 18.5. The number of ether oxygens (including phenoxy) is 4. The molecule has 7 nitrogen and oxygen atoms in total. The second-order valence-corrected chi connectivity index (χ2v) is 20.9. The number of hydrogen-bond acceptors (Lipinski definition) is 7. The Hall–Kier alpha value is -9.07. The van der Waals surface area contributed by atoms with Crippen LogP contribution in [0.1, 0.15) is 52.7 Å². The van der Waals surface area contributed by atoms with E-state index in [0.29, 0.717) is 23.0 Å². The van der Waals surface area contributed by atoms with Gasteiger partial charge in [-0.15, -0.1) is 0 Å². The van der Waals surface area contributed by atoms with Crippen molar-refractivity contribution in [3.63, 3.8) is 0 Å². The lowest BCUT2D eigenvalue weighted by atomic mass is 9.79. The van der Waals surface area contributed by atoms with Crippen molar-refractivity contribution in [1.29, 1.82) is 0 Å². The number of hydrogen-bond donors (Lipinski definition) is 0. The molecule has 0 saturated heterocycles. The molecular weight excluding hydrogens is 911 g/mol. The molecule has 7 heteroatoms. The van der Waals surface area contributed by atoms with Crippen LogP contribution in [0.5, 0.6) is 46.0 Å². The molecule has 12 rings (SSSR count). The minimum Gasteiger partial charge on any atom is -0.457 e. The van der Waals surface area contributed by atoms with E-state index in [1.54, 1.807) is 0 Å². The SMILES string of the molecule is CC(C)(C)c1cc(-c2cc(-c3ccccc3)nc(-c3cc(Oc4cccc(N5c6ccccc6Oc6ccccc65)c4)cc(Oc4cccc(N5c6ccccc6Oc6ccccc65)c4)c3)c2)cc(C(C)(C)C)c1. The van der Waals surface area contributed by atoms with Crippen LogP contribution in [-0.2, 0) is 10.8 Å². The quantitative estimate of drug-likeness (QED) is 0.143. The number of anilines is 6. The number of rotatable bonds is 9. The fraction of sp³-hybridized carbons (Fsp3) is 0.119. The summed E-state index contributed by atoms with van der Waals surface area (Å²) in [5.74, 6) is 5.60. The number of fused-ring (bicyclic) bond motifs is 4. The molecule has 0 amide bonds. The van der Waals surface area contributed by atoms with Gasteiger partial charge in [-0.05, 0) is 130 Å². The highest BCUT2D eigenvalue weighted by Crippen LogP contribution is 2.52. The summed E-state index contributed by atoms with van der Waals surface area (Å²) in [6.07, 6.45) is 0. The van der Waals surface area contributed by atoms with Crippen molar-refractivity contribution in [2.75, 3.05) is 9.80 Å². The predicted octanol–water partition coefficient (Wildman–Crippen LogP) is 19.4. The standard InChI is InChI=1S/C67H55N3O4/c1-66(2,3)48-34-45(35-49(40-48)67(4,5)6)46-38-56(44-20-8-7-9-21-44)68-57(39-46)47-36-54(71-52-24-18-22-50(41-52)69-58-26-10-14-30-62(58)73-63-31-15-11-27-59(63)69)43-55(37-47)72-53-25-19-23-51(42-53)70-60-28-12-16-32-64(60)74-65-33-17-13-29-61(65)70/h7-43H,1-6H3. The van der Waals surface area contributed by atoms with Gasteiger partial charge in [0.25, 0.3) is 0 Å². The van der Waals surface area contributed by atoms with Gasteiger partial charge >= 0.3 is 0 Å². The van der Waals surface area contributed by atoms with Gasteiger partial charge in [-0.3, -0.25) is 0 Å². The first-order valence-electron chi connectivity index (χ1n) is 25.2. The zero-order valence-corrected chi connectivity index (χ0v) is 42.3.